The summed E-state index contributed by atoms with van der Waals surface area (Å²) in [7, 11) is -2.30. The highest BCUT2D eigenvalue weighted by Crippen LogP contribution is 2.17. The van der Waals surface area contributed by atoms with Gasteiger partial charge in [0, 0.05) is 6.42 Å². The Labute approximate surface area is 148 Å². The van der Waals surface area contributed by atoms with Crippen molar-refractivity contribution in [2.45, 2.75) is 52.0 Å². The fourth-order valence-corrected chi connectivity index (χ4v) is 6.71. The molecule has 2 rings (SSSR count). The van der Waals surface area contributed by atoms with E-state index in [9.17, 15) is 0 Å². The van der Waals surface area contributed by atoms with E-state index in [1.807, 2.05) is 0 Å². The zero-order valence-corrected chi connectivity index (χ0v) is 15.9. The van der Waals surface area contributed by atoms with E-state index in [4.69, 9.17) is 4.43 Å². The molecule has 1 nitrogen and oxygen atoms in total. The smallest absolute Gasteiger partial charge is 0.327 e. The van der Waals surface area contributed by atoms with E-state index >= 15 is 0 Å². The molecule has 0 atom stereocenters. The monoisotopic (exact) mass is 336 g/mol. The van der Waals surface area contributed by atoms with E-state index in [0.717, 1.165) is 25.3 Å². The minimum absolute atomic E-state index is 0.915. The second kappa shape index (κ2) is 10.0. The molecule has 0 radical (unpaired) electrons. The highest BCUT2D eigenvalue weighted by Gasteiger charge is 2.40. The summed E-state index contributed by atoms with van der Waals surface area (Å²) in [6.07, 6.45) is 8.63. The molecule has 0 aromatic heterocycles. The second-order valence-electron chi connectivity index (χ2n) is 6.15. The van der Waals surface area contributed by atoms with Gasteiger partial charge in [0.2, 0.25) is 0 Å². The Morgan fingerprint density at radius 3 is 1.83 bits per heavy atom. The summed E-state index contributed by atoms with van der Waals surface area (Å²) >= 11 is 0. The first-order chi connectivity index (χ1) is 11.8. The van der Waals surface area contributed by atoms with E-state index in [2.05, 4.69) is 86.5 Å². The van der Waals surface area contributed by atoms with Crippen LogP contribution in [0.15, 0.2) is 60.7 Å². The second-order valence-corrected chi connectivity index (χ2v) is 9.66. The number of unbranched alkanes of at least 4 members (excludes halogenated alkanes) is 3. The van der Waals surface area contributed by atoms with E-state index < -0.39 is 8.32 Å². The standard InChI is InChI=1S/C22H28OSi/c1-3-5-7-14-19-23-24(20-6-4-2,21-15-10-8-11-16-21)22-17-12-9-13-18-22/h8-13,15-18H,3-7,20H2,1-2H3. The Kier molecular flexibility index (Phi) is 7.65. The molecule has 0 aliphatic heterocycles. The van der Waals surface area contributed by atoms with Gasteiger partial charge in [-0.05, 0) is 22.8 Å². The Balaban J connectivity index is 2.41. The van der Waals surface area contributed by atoms with Crippen LogP contribution in [0.3, 0.4) is 0 Å². The first-order valence-electron chi connectivity index (χ1n) is 9.10. The largest absolute Gasteiger partial charge is 0.490 e. The summed E-state index contributed by atoms with van der Waals surface area (Å²) < 4.78 is 6.43. The van der Waals surface area contributed by atoms with Crippen molar-refractivity contribution in [3.63, 3.8) is 0 Å². The molecule has 24 heavy (non-hydrogen) atoms. The van der Waals surface area contributed by atoms with Crippen molar-refractivity contribution in [3.05, 3.63) is 60.7 Å². The lowest BCUT2D eigenvalue weighted by molar-refractivity contribution is 0.518. The van der Waals surface area contributed by atoms with Gasteiger partial charge in [-0.3, -0.25) is 0 Å². The zero-order valence-electron chi connectivity index (χ0n) is 14.9. The Hall–Kier alpha value is -1.98. The molecule has 126 valence electrons. The highest BCUT2D eigenvalue weighted by molar-refractivity contribution is 6.97. The third-order valence-corrected chi connectivity index (χ3v) is 8.36. The average Bonchev–Trinajstić information content (AvgIpc) is 2.66. The molecule has 0 fully saturated rings. The fraction of sp³-hybridized carbons (Fsp3) is 0.364. The van der Waals surface area contributed by atoms with Crippen molar-refractivity contribution in [2.75, 3.05) is 0 Å². The van der Waals surface area contributed by atoms with E-state index in [1.165, 1.54) is 23.2 Å². The van der Waals surface area contributed by atoms with Crippen molar-refractivity contribution in [2.24, 2.45) is 0 Å². The maximum atomic E-state index is 6.43. The molecule has 0 bridgehead atoms. The molecule has 2 aromatic carbocycles. The maximum absolute atomic E-state index is 6.43. The minimum Gasteiger partial charge on any atom is -0.490 e. The van der Waals surface area contributed by atoms with Gasteiger partial charge in [0.25, 0.3) is 0 Å². The number of rotatable bonds is 8. The van der Waals surface area contributed by atoms with Gasteiger partial charge < -0.3 is 4.43 Å². The molecule has 0 spiro atoms. The lowest BCUT2D eigenvalue weighted by atomic mass is 10.3. The maximum Gasteiger partial charge on any atom is 0.327 e. The van der Waals surface area contributed by atoms with Crippen LogP contribution in [0.25, 0.3) is 0 Å². The summed E-state index contributed by atoms with van der Waals surface area (Å²) in [6.45, 7) is 4.43. The SMILES string of the molecule is CCCCC#CO[Si](CCCC)(c1ccccc1)c1ccccc1. The topological polar surface area (TPSA) is 9.23 Å². The van der Waals surface area contributed by atoms with Crippen LogP contribution in [0.1, 0.15) is 46.0 Å². The molecule has 0 unspecified atom stereocenters. The quantitative estimate of drug-likeness (QED) is 0.385. The molecular formula is C22H28OSi. The third kappa shape index (κ3) is 4.76. The normalized spacial score (nSPS) is 10.8. The lowest BCUT2D eigenvalue weighted by Crippen LogP contribution is -2.60. The van der Waals surface area contributed by atoms with E-state index in [1.54, 1.807) is 0 Å². The number of hydrogen-bond donors (Lipinski definition) is 0. The van der Waals surface area contributed by atoms with Gasteiger partial charge in [-0.2, -0.15) is 0 Å². The molecule has 0 saturated heterocycles. The van der Waals surface area contributed by atoms with Crippen molar-refractivity contribution in [1.29, 1.82) is 0 Å². The zero-order chi connectivity index (χ0) is 17.1. The molecule has 0 saturated carbocycles. The van der Waals surface area contributed by atoms with Gasteiger partial charge in [0.05, 0.1) is 6.11 Å². The Morgan fingerprint density at radius 1 is 0.792 bits per heavy atom. The Morgan fingerprint density at radius 2 is 1.33 bits per heavy atom. The molecule has 0 amide bonds. The van der Waals surface area contributed by atoms with Gasteiger partial charge >= 0.3 is 8.32 Å². The molecule has 0 heterocycles. The van der Waals surface area contributed by atoms with Crippen LogP contribution >= 0.6 is 0 Å². The first kappa shape index (κ1) is 18.4. The van der Waals surface area contributed by atoms with E-state index in [0.29, 0.717) is 0 Å². The average molecular weight is 337 g/mol. The predicted octanol–water partition coefficient (Wildman–Crippen LogP) is 4.71. The van der Waals surface area contributed by atoms with Crippen LogP contribution in [-0.4, -0.2) is 8.32 Å². The molecular weight excluding hydrogens is 308 g/mol. The van der Waals surface area contributed by atoms with Gasteiger partial charge in [0.15, 0.2) is 0 Å². The number of benzene rings is 2. The van der Waals surface area contributed by atoms with Gasteiger partial charge in [0.1, 0.15) is 0 Å². The summed E-state index contributed by atoms with van der Waals surface area (Å²) in [5.74, 6) is 3.22. The van der Waals surface area contributed by atoms with Gasteiger partial charge in [-0.1, -0.05) is 99.7 Å². The van der Waals surface area contributed by atoms with Crippen molar-refractivity contribution < 1.29 is 4.43 Å². The summed E-state index contributed by atoms with van der Waals surface area (Å²) in [5.41, 5.74) is 0. The number of hydrogen-bond acceptors (Lipinski definition) is 1. The predicted molar refractivity (Wildman–Crippen MR) is 106 cm³/mol. The van der Waals surface area contributed by atoms with Gasteiger partial charge in [-0.15, -0.1) is 0 Å². The Bertz CT molecular complexity index is 600. The van der Waals surface area contributed by atoms with Crippen LogP contribution in [-0.2, 0) is 4.43 Å². The molecule has 0 N–H and O–H groups in total. The summed E-state index contributed by atoms with van der Waals surface area (Å²) in [6, 6.07) is 22.5. The fourth-order valence-electron chi connectivity index (χ4n) is 2.90. The summed E-state index contributed by atoms with van der Waals surface area (Å²) in [5, 5.41) is 2.63. The van der Waals surface area contributed by atoms with E-state index in [-0.39, 0.29) is 0 Å². The lowest BCUT2D eigenvalue weighted by Gasteiger charge is -2.29. The molecule has 2 heteroatoms. The summed E-state index contributed by atoms with van der Waals surface area (Å²) in [4.78, 5) is 0. The third-order valence-electron chi connectivity index (χ3n) is 4.32. The van der Waals surface area contributed by atoms with Crippen LogP contribution in [0.4, 0.5) is 0 Å². The first-order valence-corrected chi connectivity index (χ1v) is 11.2. The van der Waals surface area contributed by atoms with Crippen LogP contribution in [0, 0.1) is 12.0 Å². The molecule has 0 aliphatic rings. The van der Waals surface area contributed by atoms with Crippen LogP contribution < -0.4 is 10.4 Å². The molecule has 2 aromatic rings. The van der Waals surface area contributed by atoms with Crippen LogP contribution in [0.5, 0.6) is 0 Å². The van der Waals surface area contributed by atoms with Crippen molar-refractivity contribution >= 4 is 18.7 Å². The van der Waals surface area contributed by atoms with Crippen molar-refractivity contribution in [3.8, 4) is 12.0 Å². The highest BCUT2D eigenvalue weighted by atomic mass is 28.4. The van der Waals surface area contributed by atoms with Crippen molar-refractivity contribution in [1.82, 2.24) is 0 Å². The molecule has 0 aliphatic carbocycles. The van der Waals surface area contributed by atoms with Crippen LogP contribution in [0.2, 0.25) is 6.04 Å². The minimum atomic E-state index is -2.30. The van der Waals surface area contributed by atoms with Gasteiger partial charge in [-0.25, -0.2) is 0 Å².